The van der Waals surface area contributed by atoms with Gasteiger partial charge in [-0.2, -0.15) is 0 Å². The van der Waals surface area contributed by atoms with Crippen molar-refractivity contribution in [2.45, 2.75) is 13.8 Å². The summed E-state index contributed by atoms with van der Waals surface area (Å²) >= 11 is 6.05. The molecule has 0 aliphatic carbocycles. The van der Waals surface area contributed by atoms with Gasteiger partial charge in [-0.15, -0.1) is 0 Å². The van der Waals surface area contributed by atoms with Crippen molar-refractivity contribution in [1.29, 1.82) is 0 Å². The summed E-state index contributed by atoms with van der Waals surface area (Å²) < 4.78 is 4.69. The molecule has 2 rings (SSSR count). The van der Waals surface area contributed by atoms with E-state index < -0.39 is 12.0 Å². The summed E-state index contributed by atoms with van der Waals surface area (Å²) in [5.41, 5.74) is 1.05. The second-order valence-electron chi connectivity index (χ2n) is 6.57. The van der Waals surface area contributed by atoms with Gasteiger partial charge in [0.25, 0.3) is 11.8 Å². The molecule has 1 unspecified atom stereocenters. The number of anilines is 1. The largest absolute Gasteiger partial charge is 0.450 e. The number of likely N-dealkylation sites (N-methyl/N-ethyl adjacent to an activating group) is 1. The zero-order valence-electron chi connectivity index (χ0n) is 16.4. The van der Waals surface area contributed by atoms with Crippen molar-refractivity contribution in [3.05, 3.63) is 29.3 Å². The van der Waals surface area contributed by atoms with Crippen molar-refractivity contribution >= 4 is 35.2 Å². The van der Waals surface area contributed by atoms with E-state index in [1.807, 2.05) is 36.1 Å². The van der Waals surface area contributed by atoms with Crippen molar-refractivity contribution in [2.75, 3.05) is 57.3 Å². The van der Waals surface area contributed by atoms with Gasteiger partial charge in [0.1, 0.15) is 0 Å². The molecule has 9 heteroatoms. The lowest BCUT2D eigenvalue weighted by Crippen LogP contribution is -3.14. The highest BCUT2D eigenvalue weighted by molar-refractivity contribution is 6.30. The molecule has 1 saturated heterocycles. The summed E-state index contributed by atoms with van der Waals surface area (Å²) in [7, 11) is 0. The highest BCUT2D eigenvalue weighted by Gasteiger charge is 2.25. The van der Waals surface area contributed by atoms with Gasteiger partial charge in [0.15, 0.2) is 13.1 Å². The van der Waals surface area contributed by atoms with Crippen molar-refractivity contribution < 1.29 is 24.0 Å². The summed E-state index contributed by atoms with van der Waals surface area (Å²) in [6.45, 7) is 7.33. The summed E-state index contributed by atoms with van der Waals surface area (Å²) in [5.74, 6) is -0.444. The van der Waals surface area contributed by atoms with Crippen molar-refractivity contribution in [3.8, 4) is 0 Å². The Kier molecular flexibility index (Phi) is 8.53. The Morgan fingerprint density at radius 2 is 1.86 bits per heavy atom. The van der Waals surface area contributed by atoms with Crippen LogP contribution in [0.1, 0.15) is 13.8 Å². The third-order valence-corrected chi connectivity index (χ3v) is 4.87. The zero-order chi connectivity index (χ0) is 20.5. The number of nitrogens with one attached hydrogen (secondary N) is 2. The third-order valence-electron chi connectivity index (χ3n) is 4.63. The van der Waals surface area contributed by atoms with E-state index in [-0.39, 0.29) is 25.6 Å². The molecule has 1 atom stereocenters. The summed E-state index contributed by atoms with van der Waals surface area (Å²) in [4.78, 5) is 40.6. The Labute approximate surface area is 170 Å². The van der Waals surface area contributed by atoms with Crippen molar-refractivity contribution in [1.82, 2.24) is 10.2 Å². The molecule has 0 saturated carbocycles. The molecule has 8 nitrogen and oxygen atoms in total. The van der Waals surface area contributed by atoms with Gasteiger partial charge in [-0.25, -0.2) is 4.79 Å². The normalized spacial score (nSPS) is 15.1. The quantitative estimate of drug-likeness (QED) is 0.668. The fourth-order valence-corrected chi connectivity index (χ4v) is 3.26. The number of carbonyl (C=O) groups excluding carboxylic acids is 3. The second-order valence-corrected chi connectivity index (χ2v) is 7.01. The number of piperazine rings is 1. The number of hydrogen-bond acceptors (Lipinski definition) is 5. The first-order chi connectivity index (χ1) is 13.4. The number of carbonyl (C=O) groups is 3. The van der Waals surface area contributed by atoms with Crippen LogP contribution in [0, 0.1) is 0 Å². The predicted octanol–water partition coefficient (Wildman–Crippen LogP) is 0.166. The van der Waals surface area contributed by atoms with E-state index >= 15 is 0 Å². The van der Waals surface area contributed by atoms with Crippen LogP contribution in [-0.2, 0) is 14.3 Å². The highest BCUT2D eigenvalue weighted by atomic mass is 35.5. The molecule has 154 valence electrons. The molecule has 0 radical (unpaired) electrons. The number of imide groups is 1. The first-order valence-corrected chi connectivity index (χ1v) is 9.89. The maximum atomic E-state index is 12.6. The fourth-order valence-electron chi connectivity index (χ4n) is 3.08. The van der Waals surface area contributed by atoms with Crippen LogP contribution in [0.15, 0.2) is 24.3 Å². The van der Waals surface area contributed by atoms with Gasteiger partial charge in [-0.05, 0) is 32.0 Å². The van der Waals surface area contributed by atoms with E-state index in [0.29, 0.717) is 24.7 Å². The van der Waals surface area contributed by atoms with Crippen molar-refractivity contribution in [2.24, 2.45) is 0 Å². The van der Waals surface area contributed by atoms with Gasteiger partial charge in [-0.1, -0.05) is 17.7 Å². The van der Waals surface area contributed by atoms with Crippen LogP contribution < -0.4 is 15.1 Å². The first kappa shape index (κ1) is 22.0. The molecule has 1 aromatic carbocycles. The molecule has 0 aromatic heterocycles. The van der Waals surface area contributed by atoms with Gasteiger partial charge in [0.2, 0.25) is 0 Å². The van der Waals surface area contributed by atoms with E-state index in [0.717, 1.165) is 23.7 Å². The summed E-state index contributed by atoms with van der Waals surface area (Å²) in [5, 5.41) is 2.86. The number of benzene rings is 1. The molecule has 0 bridgehead atoms. The topological polar surface area (TPSA) is 83.4 Å². The van der Waals surface area contributed by atoms with Crippen LogP contribution in [-0.4, -0.2) is 75.2 Å². The zero-order valence-corrected chi connectivity index (χ0v) is 17.1. The average Bonchev–Trinajstić information content (AvgIpc) is 2.67. The van der Waals surface area contributed by atoms with E-state index in [4.69, 9.17) is 11.6 Å². The van der Waals surface area contributed by atoms with E-state index in [1.54, 1.807) is 6.92 Å². The number of ether oxygens (including phenoxy) is 1. The standard InChI is InChI=1S/C19H27ClN4O4/c1-3-22(13-17(25)21-19(27)28-4-2)14-18(26)24-10-8-23(9-11-24)16-7-5-6-15(20)12-16/h5-7,12H,3-4,8-11,13-14H2,1-2H3,(H,21,25,27)/p+1. The predicted molar refractivity (Wildman–Crippen MR) is 107 cm³/mol. The Hall–Kier alpha value is -2.32. The van der Waals surface area contributed by atoms with E-state index in [2.05, 4.69) is 15.0 Å². The Balaban J connectivity index is 1.80. The van der Waals surface area contributed by atoms with Gasteiger partial charge in [0, 0.05) is 36.9 Å². The molecule has 28 heavy (non-hydrogen) atoms. The number of halogens is 1. The second kappa shape index (κ2) is 10.9. The van der Waals surface area contributed by atoms with Crippen LogP contribution in [0.3, 0.4) is 0 Å². The van der Waals surface area contributed by atoms with Gasteiger partial charge in [0.05, 0.1) is 13.2 Å². The molecule has 3 amide bonds. The summed E-state index contributed by atoms with van der Waals surface area (Å²) in [6, 6.07) is 7.68. The maximum Gasteiger partial charge on any atom is 0.414 e. The summed E-state index contributed by atoms with van der Waals surface area (Å²) in [6.07, 6.45) is -0.758. The van der Waals surface area contributed by atoms with Gasteiger partial charge < -0.3 is 19.4 Å². The number of rotatable bonds is 7. The smallest absolute Gasteiger partial charge is 0.414 e. The van der Waals surface area contributed by atoms with Crippen LogP contribution in [0.25, 0.3) is 0 Å². The third kappa shape index (κ3) is 6.69. The molecular formula is C19H28ClN4O4+. The molecule has 1 fully saturated rings. The number of alkyl carbamates (subject to hydrolysis) is 1. The van der Waals surface area contributed by atoms with Crippen LogP contribution in [0.4, 0.5) is 10.5 Å². The van der Waals surface area contributed by atoms with Gasteiger partial charge >= 0.3 is 6.09 Å². The number of quaternary nitrogens is 1. The Morgan fingerprint density at radius 3 is 2.46 bits per heavy atom. The lowest BCUT2D eigenvalue weighted by atomic mass is 10.2. The SMILES string of the molecule is CCOC(=O)NC(=O)C[NH+](CC)CC(=O)N1CCN(c2cccc(Cl)c2)CC1. The first-order valence-electron chi connectivity index (χ1n) is 9.51. The number of hydrogen-bond donors (Lipinski definition) is 2. The van der Waals surface area contributed by atoms with Gasteiger partial charge in [-0.3, -0.25) is 14.9 Å². The molecule has 2 N–H and O–H groups in total. The Morgan fingerprint density at radius 1 is 1.14 bits per heavy atom. The molecule has 1 aromatic rings. The van der Waals surface area contributed by atoms with E-state index in [9.17, 15) is 14.4 Å². The number of nitrogens with zero attached hydrogens (tertiary/aromatic N) is 2. The molecule has 0 spiro atoms. The molecule has 1 heterocycles. The maximum absolute atomic E-state index is 12.6. The highest BCUT2D eigenvalue weighted by Crippen LogP contribution is 2.20. The van der Waals surface area contributed by atoms with Crippen LogP contribution in [0.5, 0.6) is 0 Å². The Bertz CT molecular complexity index is 692. The lowest BCUT2D eigenvalue weighted by molar-refractivity contribution is -0.882. The monoisotopic (exact) mass is 411 g/mol. The minimum Gasteiger partial charge on any atom is -0.450 e. The average molecular weight is 412 g/mol. The van der Waals surface area contributed by atoms with Crippen LogP contribution in [0.2, 0.25) is 5.02 Å². The molecule has 1 aliphatic heterocycles. The van der Waals surface area contributed by atoms with E-state index in [1.165, 1.54) is 0 Å². The minimum absolute atomic E-state index is 0.00605. The fraction of sp³-hybridized carbons (Fsp3) is 0.526. The molecular weight excluding hydrogens is 384 g/mol. The lowest BCUT2D eigenvalue weighted by Gasteiger charge is -2.36. The minimum atomic E-state index is -0.758. The molecule has 1 aliphatic rings. The van der Waals surface area contributed by atoms with Crippen molar-refractivity contribution in [3.63, 3.8) is 0 Å². The number of amides is 3. The van der Waals surface area contributed by atoms with Crippen LogP contribution >= 0.6 is 11.6 Å².